The Hall–Kier alpha value is -1.00. The van der Waals surface area contributed by atoms with Crippen LogP contribution in [0.3, 0.4) is 0 Å². The van der Waals surface area contributed by atoms with Gasteiger partial charge in [0.1, 0.15) is 0 Å². The Morgan fingerprint density at radius 2 is 2.00 bits per heavy atom. The highest BCUT2D eigenvalue weighted by Gasteiger charge is 2.37. The number of aliphatic carboxylic acids is 1. The number of halogens is 6. The summed E-state index contributed by atoms with van der Waals surface area (Å²) < 4.78 is 62.0. The quantitative estimate of drug-likeness (QED) is 0.646. The van der Waals surface area contributed by atoms with Gasteiger partial charge in [-0.15, -0.1) is 0 Å². The van der Waals surface area contributed by atoms with Gasteiger partial charge in [-0.1, -0.05) is 0 Å². The third kappa shape index (κ3) is 3.27. The van der Waals surface area contributed by atoms with E-state index in [0.717, 1.165) is 22.6 Å². The van der Waals surface area contributed by atoms with Crippen LogP contribution >= 0.6 is 22.6 Å². The van der Waals surface area contributed by atoms with Gasteiger partial charge in [-0.25, -0.2) is 8.78 Å². The maximum Gasteiger partial charge on any atom is 0.434 e. The molecule has 0 aromatic carbocycles. The molecule has 18 heavy (non-hydrogen) atoms. The Kier molecular flexibility index (Phi) is 4.46. The summed E-state index contributed by atoms with van der Waals surface area (Å²) >= 11 is 1.10. The maximum atomic E-state index is 12.7. The number of pyridine rings is 1. The Morgan fingerprint density at radius 1 is 1.44 bits per heavy atom. The highest BCUT2D eigenvalue weighted by molar-refractivity contribution is 14.1. The molecular weight excluding hydrogens is 376 g/mol. The van der Waals surface area contributed by atoms with Gasteiger partial charge >= 0.3 is 12.1 Å². The molecule has 0 atom stereocenters. The molecule has 0 aliphatic rings. The van der Waals surface area contributed by atoms with E-state index in [-0.39, 0.29) is 0 Å². The second-order valence-electron chi connectivity index (χ2n) is 3.23. The fourth-order valence-corrected chi connectivity index (χ4v) is 2.30. The van der Waals surface area contributed by atoms with Gasteiger partial charge in [0.25, 0.3) is 6.43 Å². The van der Waals surface area contributed by atoms with E-state index in [0.29, 0.717) is 6.20 Å². The number of carboxylic acid groups (broad SMARTS) is 1. The van der Waals surface area contributed by atoms with Crippen LogP contribution in [-0.2, 0) is 17.4 Å². The normalized spacial score (nSPS) is 11.9. The molecule has 0 aliphatic heterocycles. The van der Waals surface area contributed by atoms with Crippen molar-refractivity contribution >= 4 is 28.6 Å². The summed E-state index contributed by atoms with van der Waals surface area (Å²) in [5.74, 6) is -1.42. The molecule has 3 nitrogen and oxygen atoms in total. The first-order valence-electron chi connectivity index (χ1n) is 4.39. The number of rotatable bonds is 3. The molecule has 1 aromatic heterocycles. The highest BCUT2D eigenvalue weighted by atomic mass is 127. The van der Waals surface area contributed by atoms with Crippen molar-refractivity contribution in [2.24, 2.45) is 0 Å². The Balaban J connectivity index is 3.42. The van der Waals surface area contributed by atoms with Gasteiger partial charge in [0, 0.05) is 11.8 Å². The second kappa shape index (κ2) is 5.33. The third-order valence-corrected chi connectivity index (χ3v) is 3.06. The molecule has 0 radical (unpaired) electrons. The van der Waals surface area contributed by atoms with E-state index in [1.165, 1.54) is 0 Å². The number of aromatic nitrogens is 1. The Morgan fingerprint density at radius 3 is 2.39 bits per heavy atom. The molecule has 1 heterocycles. The van der Waals surface area contributed by atoms with E-state index in [2.05, 4.69) is 4.98 Å². The predicted octanol–water partition coefficient (Wildman–Crippen LogP) is 3.27. The first-order valence-corrected chi connectivity index (χ1v) is 5.47. The van der Waals surface area contributed by atoms with Crippen molar-refractivity contribution in [1.82, 2.24) is 4.98 Å². The number of hydrogen-bond donors (Lipinski definition) is 1. The van der Waals surface area contributed by atoms with Crippen LogP contribution in [0.2, 0.25) is 0 Å². The van der Waals surface area contributed by atoms with Crippen LogP contribution in [0.25, 0.3) is 0 Å². The molecule has 0 unspecified atom stereocenters. The molecule has 0 spiro atoms. The zero-order valence-corrected chi connectivity index (χ0v) is 10.6. The smallest absolute Gasteiger partial charge is 0.434 e. The van der Waals surface area contributed by atoms with Gasteiger partial charge < -0.3 is 5.11 Å². The summed E-state index contributed by atoms with van der Waals surface area (Å²) in [7, 11) is 0. The molecule has 100 valence electrons. The van der Waals surface area contributed by atoms with Gasteiger partial charge in [-0.3, -0.25) is 9.78 Å². The molecule has 9 heteroatoms. The average molecular weight is 381 g/mol. The van der Waals surface area contributed by atoms with E-state index in [1.807, 2.05) is 0 Å². The summed E-state index contributed by atoms with van der Waals surface area (Å²) in [5.41, 5.74) is -2.79. The lowest BCUT2D eigenvalue weighted by Crippen LogP contribution is -2.15. The van der Waals surface area contributed by atoms with Crippen molar-refractivity contribution in [3.8, 4) is 0 Å². The minimum Gasteiger partial charge on any atom is -0.481 e. The van der Waals surface area contributed by atoms with Crippen LogP contribution in [0.15, 0.2) is 6.20 Å². The molecule has 0 amide bonds. The van der Waals surface area contributed by atoms with E-state index >= 15 is 0 Å². The average Bonchev–Trinajstić information content (AvgIpc) is 2.13. The van der Waals surface area contributed by atoms with Crippen LogP contribution in [0.1, 0.15) is 23.2 Å². The number of hydrogen-bond acceptors (Lipinski definition) is 2. The zero-order chi connectivity index (χ0) is 14.1. The van der Waals surface area contributed by atoms with E-state index in [9.17, 15) is 26.7 Å². The minimum absolute atomic E-state index is 0.421. The highest BCUT2D eigenvalue weighted by Crippen LogP contribution is 2.37. The van der Waals surface area contributed by atoms with Gasteiger partial charge in [-0.05, 0) is 28.2 Å². The van der Waals surface area contributed by atoms with Gasteiger partial charge in [0.15, 0.2) is 5.69 Å². The van der Waals surface area contributed by atoms with E-state index in [1.54, 1.807) is 0 Å². The molecule has 0 saturated heterocycles. The first-order chi connectivity index (χ1) is 8.14. The number of carboxylic acids is 1. The van der Waals surface area contributed by atoms with Crippen LogP contribution < -0.4 is 0 Å². The van der Waals surface area contributed by atoms with Gasteiger partial charge in [0.05, 0.1) is 9.99 Å². The maximum absolute atomic E-state index is 12.7. The van der Waals surface area contributed by atoms with Crippen molar-refractivity contribution in [3.05, 3.63) is 26.6 Å². The summed E-state index contributed by atoms with van der Waals surface area (Å²) in [6.45, 7) is 0. The SMILES string of the molecule is O=C(O)Cc1cnc(C(F)(F)F)c(I)c1C(F)F. The molecule has 1 rings (SSSR count). The van der Waals surface area contributed by atoms with Crippen LogP contribution in [-0.4, -0.2) is 16.1 Å². The lowest BCUT2D eigenvalue weighted by Gasteiger charge is -2.14. The standard InChI is InChI=1S/C9H5F5INO2/c10-8(11)5-3(1-4(17)18)2-16-7(6(5)15)9(12,13)14/h2,8H,1H2,(H,17,18). The van der Waals surface area contributed by atoms with Crippen molar-refractivity contribution in [2.75, 3.05) is 0 Å². The van der Waals surface area contributed by atoms with E-state index < -0.39 is 45.4 Å². The molecular formula is C9H5F5INO2. The molecule has 0 aliphatic carbocycles. The molecule has 0 bridgehead atoms. The largest absolute Gasteiger partial charge is 0.481 e. The minimum atomic E-state index is -4.86. The van der Waals surface area contributed by atoms with Crippen LogP contribution in [0, 0.1) is 3.57 Å². The monoisotopic (exact) mass is 381 g/mol. The summed E-state index contributed by atoms with van der Waals surface area (Å²) in [5, 5.41) is 8.50. The van der Waals surface area contributed by atoms with Crippen molar-refractivity contribution in [2.45, 2.75) is 19.0 Å². The van der Waals surface area contributed by atoms with Gasteiger partial charge in [-0.2, -0.15) is 13.2 Å². The van der Waals surface area contributed by atoms with E-state index in [4.69, 9.17) is 5.11 Å². The van der Waals surface area contributed by atoms with Crippen molar-refractivity contribution in [1.29, 1.82) is 0 Å². The lowest BCUT2D eigenvalue weighted by molar-refractivity contribution is -0.142. The fourth-order valence-electron chi connectivity index (χ4n) is 1.27. The van der Waals surface area contributed by atoms with Crippen LogP contribution in [0.5, 0.6) is 0 Å². The number of carbonyl (C=O) groups is 1. The lowest BCUT2D eigenvalue weighted by atomic mass is 10.1. The molecule has 0 fully saturated rings. The summed E-state index contributed by atoms with van der Waals surface area (Å²) in [4.78, 5) is 13.5. The van der Waals surface area contributed by atoms with Crippen molar-refractivity contribution < 1.29 is 31.9 Å². The fraction of sp³-hybridized carbons (Fsp3) is 0.333. The Labute approximate surface area is 111 Å². The molecule has 1 aromatic rings. The molecule has 1 N–H and O–H groups in total. The third-order valence-electron chi connectivity index (χ3n) is 1.97. The summed E-state index contributed by atoms with van der Waals surface area (Å²) in [6.07, 6.45) is -8.33. The number of alkyl halides is 5. The zero-order valence-electron chi connectivity index (χ0n) is 8.43. The number of nitrogens with zero attached hydrogens (tertiary/aromatic N) is 1. The summed E-state index contributed by atoms with van der Waals surface area (Å²) in [6, 6.07) is 0. The predicted molar refractivity (Wildman–Crippen MR) is 58.3 cm³/mol. The topological polar surface area (TPSA) is 50.2 Å². The van der Waals surface area contributed by atoms with Gasteiger partial charge in [0.2, 0.25) is 0 Å². The second-order valence-corrected chi connectivity index (χ2v) is 4.31. The first kappa shape index (κ1) is 15.1. The van der Waals surface area contributed by atoms with Crippen LogP contribution in [0.4, 0.5) is 22.0 Å². The molecule has 0 saturated carbocycles. The Bertz CT molecular complexity index is 475. The van der Waals surface area contributed by atoms with Crippen molar-refractivity contribution in [3.63, 3.8) is 0 Å².